The van der Waals surface area contributed by atoms with E-state index in [-0.39, 0.29) is 31.8 Å². The fraction of sp³-hybridized carbons (Fsp3) is 0.909. The molecule has 0 aromatic rings. The number of likely N-dealkylation sites (tertiary alicyclic amines) is 1. The van der Waals surface area contributed by atoms with Gasteiger partial charge in [-0.25, -0.2) is 0 Å². The third kappa shape index (κ3) is 4.13. The van der Waals surface area contributed by atoms with Crippen molar-refractivity contribution < 1.29 is 22.7 Å². The van der Waals surface area contributed by atoms with Crippen LogP contribution in [0.15, 0.2) is 0 Å². The molecule has 0 aliphatic carbocycles. The first-order chi connectivity index (χ1) is 8.36. The number of alkyl halides is 3. The van der Waals surface area contributed by atoms with Gasteiger partial charge >= 0.3 is 6.18 Å². The molecule has 7 heteroatoms. The summed E-state index contributed by atoms with van der Waals surface area (Å²) < 4.78 is 42.2. The second-order valence-corrected chi connectivity index (χ2v) is 4.53. The van der Waals surface area contributed by atoms with Crippen LogP contribution in [0.1, 0.15) is 19.3 Å². The lowest BCUT2D eigenvalue weighted by Gasteiger charge is -2.34. The van der Waals surface area contributed by atoms with Crippen molar-refractivity contribution in [1.82, 2.24) is 4.90 Å². The molecule has 0 aromatic carbocycles. The average Bonchev–Trinajstić information content (AvgIpc) is 2.34. The van der Waals surface area contributed by atoms with E-state index in [2.05, 4.69) is 0 Å². The van der Waals surface area contributed by atoms with E-state index in [1.165, 1.54) is 12.0 Å². The van der Waals surface area contributed by atoms with E-state index in [0.29, 0.717) is 13.0 Å². The number of ether oxygens (including phenoxy) is 1. The van der Waals surface area contributed by atoms with Crippen molar-refractivity contribution in [2.45, 2.75) is 31.5 Å². The molecular formula is C11H19F3N2O2. The van der Waals surface area contributed by atoms with Crippen LogP contribution < -0.4 is 5.73 Å². The highest BCUT2D eigenvalue weighted by molar-refractivity contribution is 5.81. The Balaban J connectivity index is 2.40. The lowest BCUT2D eigenvalue weighted by atomic mass is 9.96. The summed E-state index contributed by atoms with van der Waals surface area (Å²) in [6.45, 7) is 0.624. The van der Waals surface area contributed by atoms with Gasteiger partial charge in [-0.15, -0.1) is 0 Å². The van der Waals surface area contributed by atoms with Gasteiger partial charge in [0.15, 0.2) is 0 Å². The van der Waals surface area contributed by atoms with Crippen molar-refractivity contribution in [3.8, 4) is 0 Å². The second-order valence-electron chi connectivity index (χ2n) is 4.53. The zero-order valence-electron chi connectivity index (χ0n) is 10.4. The Bertz CT molecular complexity index is 276. The minimum Gasteiger partial charge on any atom is -0.385 e. The van der Waals surface area contributed by atoms with Crippen LogP contribution >= 0.6 is 0 Å². The molecule has 1 aliphatic heterocycles. The summed E-state index contributed by atoms with van der Waals surface area (Å²) in [6, 6.07) is -0.688. The van der Waals surface area contributed by atoms with Crippen LogP contribution in [0, 0.1) is 5.92 Å². The summed E-state index contributed by atoms with van der Waals surface area (Å²) >= 11 is 0. The monoisotopic (exact) mass is 268 g/mol. The summed E-state index contributed by atoms with van der Waals surface area (Å²) in [5.41, 5.74) is 5.66. The van der Waals surface area contributed by atoms with Gasteiger partial charge in [-0.1, -0.05) is 0 Å². The smallest absolute Gasteiger partial charge is 0.385 e. The molecule has 106 valence electrons. The largest absolute Gasteiger partial charge is 0.391 e. The topological polar surface area (TPSA) is 55.6 Å². The molecule has 1 rings (SSSR count). The van der Waals surface area contributed by atoms with Gasteiger partial charge < -0.3 is 15.4 Å². The van der Waals surface area contributed by atoms with Crippen molar-refractivity contribution in [3.05, 3.63) is 0 Å². The number of halogens is 3. The Morgan fingerprint density at radius 2 is 2.00 bits per heavy atom. The molecule has 1 atom stereocenters. The van der Waals surface area contributed by atoms with E-state index in [4.69, 9.17) is 10.5 Å². The van der Waals surface area contributed by atoms with Crippen LogP contribution in [0.25, 0.3) is 0 Å². The van der Waals surface area contributed by atoms with Crippen LogP contribution in [0.2, 0.25) is 0 Å². The maximum Gasteiger partial charge on any atom is 0.391 e. The SMILES string of the molecule is COCCC(N)C(=O)N1CCC(C(F)(F)F)CC1. The first kappa shape index (κ1) is 15.2. The number of hydrogen-bond donors (Lipinski definition) is 1. The first-order valence-electron chi connectivity index (χ1n) is 5.96. The van der Waals surface area contributed by atoms with Crippen LogP contribution in [0.4, 0.5) is 13.2 Å². The summed E-state index contributed by atoms with van der Waals surface area (Å²) in [6.07, 6.45) is -3.85. The predicted octanol–water partition coefficient (Wildman–Crippen LogP) is 1.15. The number of carbonyl (C=O) groups excluding carboxylic acids is 1. The molecular weight excluding hydrogens is 249 g/mol. The molecule has 1 heterocycles. The molecule has 0 aromatic heterocycles. The van der Waals surface area contributed by atoms with Crippen molar-refractivity contribution >= 4 is 5.91 Å². The van der Waals surface area contributed by atoms with Gasteiger partial charge in [0, 0.05) is 26.8 Å². The van der Waals surface area contributed by atoms with Gasteiger partial charge in [0.1, 0.15) is 0 Å². The van der Waals surface area contributed by atoms with E-state index in [1.54, 1.807) is 0 Å². The Labute approximate surface area is 104 Å². The van der Waals surface area contributed by atoms with Gasteiger partial charge in [-0.3, -0.25) is 4.79 Å². The van der Waals surface area contributed by atoms with E-state index < -0.39 is 18.1 Å². The standard InChI is InChI=1S/C11H19F3N2O2/c1-18-7-4-9(15)10(17)16-5-2-8(3-6-16)11(12,13)14/h8-9H,2-7,15H2,1H3. The zero-order valence-corrected chi connectivity index (χ0v) is 10.4. The number of hydrogen-bond acceptors (Lipinski definition) is 3. The number of methoxy groups -OCH3 is 1. The number of carbonyl (C=O) groups is 1. The molecule has 1 amide bonds. The second kappa shape index (κ2) is 6.38. The maximum absolute atomic E-state index is 12.4. The van der Waals surface area contributed by atoms with Gasteiger partial charge in [-0.05, 0) is 19.3 Å². The maximum atomic E-state index is 12.4. The van der Waals surface area contributed by atoms with Crippen LogP contribution in [0.3, 0.4) is 0 Å². The summed E-state index contributed by atoms with van der Waals surface area (Å²) in [5, 5.41) is 0. The third-order valence-electron chi connectivity index (χ3n) is 3.22. The Hall–Kier alpha value is -0.820. The van der Waals surface area contributed by atoms with E-state index in [9.17, 15) is 18.0 Å². The molecule has 1 saturated heterocycles. The molecule has 0 radical (unpaired) electrons. The predicted molar refractivity (Wildman–Crippen MR) is 59.8 cm³/mol. The van der Waals surface area contributed by atoms with Crippen LogP contribution in [0.5, 0.6) is 0 Å². The van der Waals surface area contributed by atoms with Crippen molar-refractivity contribution in [2.24, 2.45) is 11.7 Å². The van der Waals surface area contributed by atoms with E-state index in [1.807, 2.05) is 0 Å². The molecule has 0 spiro atoms. The Morgan fingerprint density at radius 1 is 1.44 bits per heavy atom. The zero-order chi connectivity index (χ0) is 13.8. The fourth-order valence-electron chi connectivity index (χ4n) is 2.03. The van der Waals surface area contributed by atoms with Crippen LogP contribution in [-0.4, -0.2) is 49.8 Å². The highest BCUT2D eigenvalue weighted by Gasteiger charge is 2.42. The fourth-order valence-corrected chi connectivity index (χ4v) is 2.03. The van der Waals surface area contributed by atoms with Gasteiger partial charge in [0.25, 0.3) is 0 Å². The number of amides is 1. The molecule has 0 bridgehead atoms. The minimum absolute atomic E-state index is 0.0355. The normalized spacial score (nSPS) is 19.9. The Kier molecular flexibility index (Phi) is 5.40. The number of piperidine rings is 1. The highest BCUT2D eigenvalue weighted by Crippen LogP contribution is 2.34. The molecule has 1 unspecified atom stereocenters. The quantitative estimate of drug-likeness (QED) is 0.832. The lowest BCUT2D eigenvalue weighted by molar-refractivity contribution is -0.186. The van der Waals surface area contributed by atoms with E-state index in [0.717, 1.165) is 0 Å². The molecule has 4 nitrogen and oxygen atoms in total. The molecule has 1 fully saturated rings. The van der Waals surface area contributed by atoms with Crippen molar-refractivity contribution in [2.75, 3.05) is 26.8 Å². The number of nitrogens with zero attached hydrogens (tertiary/aromatic N) is 1. The van der Waals surface area contributed by atoms with Gasteiger partial charge in [-0.2, -0.15) is 13.2 Å². The summed E-state index contributed by atoms with van der Waals surface area (Å²) in [5.74, 6) is -1.58. The Morgan fingerprint density at radius 3 is 2.44 bits per heavy atom. The van der Waals surface area contributed by atoms with Crippen LogP contribution in [-0.2, 0) is 9.53 Å². The van der Waals surface area contributed by atoms with Crippen molar-refractivity contribution in [3.63, 3.8) is 0 Å². The first-order valence-corrected chi connectivity index (χ1v) is 5.96. The lowest BCUT2D eigenvalue weighted by Crippen LogP contribution is -2.49. The molecule has 1 aliphatic rings. The number of nitrogens with two attached hydrogens (primary N) is 1. The summed E-state index contributed by atoms with van der Waals surface area (Å²) in [7, 11) is 1.51. The van der Waals surface area contributed by atoms with Gasteiger partial charge in [0.2, 0.25) is 5.91 Å². The van der Waals surface area contributed by atoms with Crippen molar-refractivity contribution in [1.29, 1.82) is 0 Å². The number of rotatable bonds is 4. The van der Waals surface area contributed by atoms with E-state index >= 15 is 0 Å². The average molecular weight is 268 g/mol. The molecule has 0 saturated carbocycles. The molecule has 18 heavy (non-hydrogen) atoms. The third-order valence-corrected chi connectivity index (χ3v) is 3.22. The highest BCUT2D eigenvalue weighted by atomic mass is 19.4. The molecule has 2 N–H and O–H groups in total. The summed E-state index contributed by atoms with van der Waals surface area (Å²) in [4.78, 5) is 13.2. The van der Waals surface area contributed by atoms with Gasteiger partial charge in [0.05, 0.1) is 12.0 Å². The minimum atomic E-state index is -4.16.